The zero-order valence-electron chi connectivity index (χ0n) is 20.0. The number of benzene rings is 2. The molecule has 0 aromatic heterocycles. The second kappa shape index (κ2) is 10.2. The molecule has 0 spiro atoms. The summed E-state index contributed by atoms with van der Waals surface area (Å²) in [5, 5.41) is 11.3. The third kappa shape index (κ3) is 4.69. The number of hydrogen-bond donors (Lipinski definition) is 1. The zero-order chi connectivity index (χ0) is 23.5. The summed E-state index contributed by atoms with van der Waals surface area (Å²) < 4.78 is 5.57. The van der Waals surface area contributed by atoms with Crippen LogP contribution >= 0.6 is 0 Å². The van der Waals surface area contributed by atoms with Crippen LogP contribution in [0.5, 0.6) is 0 Å². The molecule has 0 bridgehead atoms. The molecule has 2 unspecified atom stereocenters. The molecule has 0 saturated heterocycles. The van der Waals surface area contributed by atoms with E-state index >= 15 is 0 Å². The minimum absolute atomic E-state index is 0.0474. The topological polar surface area (TPSA) is 49.8 Å². The van der Waals surface area contributed by atoms with Gasteiger partial charge in [0.2, 0.25) is 0 Å². The maximum atomic E-state index is 12.6. The quantitative estimate of drug-likeness (QED) is 0.539. The summed E-state index contributed by atoms with van der Waals surface area (Å²) in [6.45, 7) is 3.59. The van der Waals surface area contributed by atoms with E-state index in [1.54, 1.807) is 0 Å². The lowest BCUT2D eigenvalue weighted by Crippen LogP contribution is -2.36. The van der Waals surface area contributed by atoms with Crippen LogP contribution in [0, 0.1) is 11.8 Å². The van der Waals surface area contributed by atoms with Crippen LogP contribution in [-0.4, -0.2) is 34.7 Å². The molecule has 2 atom stereocenters. The average Bonchev–Trinajstić information content (AvgIpc) is 3.46. The van der Waals surface area contributed by atoms with Crippen LogP contribution in [-0.2, 0) is 16.1 Å². The molecule has 4 nitrogen and oxygen atoms in total. The summed E-state index contributed by atoms with van der Waals surface area (Å²) >= 11 is 0. The first-order valence-corrected chi connectivity index (χ1v) is 12.7. The van der Waals surface area contributed by atoms with Gasteiger partial charge in [0.25, 0.3) is 0 Å². The molecule has 178 valence electrons. The van der Waals surface area contributed by atoms with Crippen molar-refractivity contribution in [3.8, 4) is 0 Å². The fraction of sp³-hybridized carbons (Fsp3) is 0.433. The van der Waals surface area contributed by atoms with Crippen LogP contribution in [0.15, 0.2) is 78.0 Å². The van der Waals surface area contributed by atoms with Gasteiger partial charge in [-0.15, -0.1) is 0 Å². The smallest absolute Gasteiger partial charge is 0.309 e. The van der Waals surface area contributed by atoms with Crippen molar-refractivity contribution < 1.29 is 14.6 Å². The van der Waals surface area contributed by atoms with Gasteiger partial charge in [0.05, 0.1) is 18.1 Å². The van der Waals surface area contributed by atoms with Crippen molar-refractivity contribution >= 4 is 11.5 Å². The maximum Gasteiger partial charge on any atom is 0.309 e. The molecule has 1 fully saturated rings. The van der Waals surface area contributed by atoms with Gasteiger partial charge in [-0.05, 0) is 73.6 Å². The van der Waals surface area contributed by atoms with E-state index in [4.69, 9.17) is 4.74 Å². The summed E-state index contributed by atoms with van der Waals surface area (Å²) in [6, 6.07) is 20.7. The fourth-order valence-electron chi connectivity index (χ4n) is 6.09. The summed E-state index contributed by atoms with van der Waals surface area (Å²) in [7, 11) is 0. The summed E-state index contributed by atoms with van der Waals surface area (Å²) in [5.41, 5.74) is 6.34. The lowest BCUT2D eigenvalue weighted by Gasteiger charge is -2.34. The van der Waals surface area contributed by atoms with Gasteiger partial charge in [0, 0.05) is 12.2 Å². The predicted molar refractivity (Wildman–Crippen MR) is 135 cm³/mol. The molecule has 3 aliphatic rings. The van der Waals surface area contributed by atoms with Gasteiger partial charge in [0.15, 0.2) is 0 Å². The summed E-state index contributed by atoms with van der Waals surface area (Å²) in [6.07, 6.45) is 7.17. The van der Waals surface area contributed by atoms with Crippen LogP contribution in [0.1, 0.15) is 56.6 Å². The number of rotatable bonds is 7. The van der Waals surface area contributed by atoms with E-state index in [-0.39, 0.29) is 30.0 Å². The number of allylic oxidation sites excluding steroid dienone is 1. The highest BCUT2D eigenvalue weighted by atomic mass is 16.5. The first-order valence-electron chi connectivity index (χ1n) is 12.7. The third-order valence-corrected chi connectivity index (χ3v) is 7.94. The lowest BCUT2D eigenvalue weighted by molar-refractivity contribution is -0.151. The molecule has 1 saturated carbocycles. The highest BCUT2D eigenvalue weighted by Crippen LogP contribution is 2.44. The highest BCUT2D eigenvalue weighted by Gasteiger charge is 2.39. The van der Waals surface area contributed by atoms with E-state index in [0.717, 1.165) is 50.6 Å². The molecule has 2 heterocycles. The van der Waals surface area contributed by atoms with Gasteiger partial charge in [-0.1, -0.05) is 66.7 Å². The van der Waals surface area contributed by atoms with Gasteiger partial charge in [-0.2, -0.15) is 0 Å². The van der Waals surface area contributed by atoms with Crippen LogP contribution in [0.4, 0.5) is 0 Å². The number of carbonyl (C=O) groups excluding carboxylic acids is 1. The Bertz CT molecular complexity index is 1050. The summed E-state index contributed by atoms with van der Waals surface area (Å²) in [4.78, 5) is 15.1. The van der Waals surface area contributed by atoms with Gasteiger partial charge < -0.3 is 14.7 Å². The van der Waals surface area contributed by atoms with Gasteiger partial charge in [-0.25, -0.2) is 0 Å². The SMILES string of the molecule is CC1=C(c2ccccc2)C(CC(O)C2CCC(C(=O)OCc3ccccc3)CC2)N2CCC=C12. The van der Waals surface area contributed by atoms with E-state index < -0.39 is 0 Å². The average molecular weight is 458 g/mol. The van der Waals surface area contributed by atoms with E-state index in [2.05, 4.69) is 48.2 Å². The number of fused-ring (bicyclic) bond motifs is 1. The molecule has 0 radical (unpaired) electrons. The number of aliphatic hydroxyl groups excluding tert-OH is 1. The molecule has 1 aliphatic carbocycles. The Hall–Kier alpha value is -2.85. The van der Waals surface area contributed by atoms with Crippen LogP contribution in [0.25, 0.3) is 5.57 Å². The molecule has 1 N–H and O–H groups in total. The Morgan fingerprint density at radius 3 is 2.41 bits per heavy atom. The molecular weight excluding hydrogens is 422 g/mol. The molecule has 0 amide bonds. The number of esters is 1. The largest absolute Gasteiger partial charge is 0.461 e. The number of hydrogen-bond acceptors (Lipinski definition) is 4. The molecule has 2 aromatic carbocycles. The van der Waals surface area contributed by atoms with Gasteiger partial charge in [0.1, 0.15) is 6.61 Å². The lowest BCUT2D eigenvalue weighted by atomic mass is 9.77. The van der Waals surface area contributed by atoms with Crippen LogP contribution in [0.3, 0.4) is 0 Å². The Morgan fingerprint density at radius 2 is 1.71 bits per heavy atom. The molecule has 34 heavy (non-hydrogen) atoms. The number of ether oxygens (including phenoxy) is 1. The van der Waals surface area contributed by atoms with E-state index in [1.807, 2.05) is 30.3 Å². The van der Waals surface area contributed by atoms with Crippen LogP contribution < -0.4 is 0 Å². The predicted octanol–water partition coefficient (Wildman–Crippen LogP) is 5.73. The van der Waals surface area contributed by atoms with Crippen molar-refractivity contribution in [3.63, 3.8) is 0 Å². The zero-order valence-corrected chi connectivity index (χ0v) is 20.0. The second-order valence-corrected chi connectivity index (χ2v) is 10.00. The fourth-order valence-corrected chi connectivity index (χ4v) is 6.09. The molecule has 2 aromatic rings. The van der Waals surface area contributed by atoms with E-state index in [1.165, 1.54) is 22.4 Å². The van der Waals surface area contributed by atoms with Gasteiger partial charge >= 0.3 is 5.97 Å². The van der Waals surface area contributed by atoms with E-state index in [0.29, 0.717) is 6.61 Å². The Kier molecular flexibility index (Phi) is 6.87. The van der Waals surface area contributed by atoms with Crippen LogP contribution in [0.2, 0.25) is 0 Å². The third-order valence-electron chi connectivity index (χ3n) is 7.94. The van der Waals surface area contributed by atoms with Crippen molar-refractivity contribution in [3.05, 3.63) is 89.1 Å². The second-order valence-electron chi connectivity index (χ2n) is 10.00. The van der Waals surface area contributed by atoms with Gasteiger partial charge in [-0.3, -0.25) is 4.79 Å². The molecule has 2 aliphatic heterocycles. The van der Waals surface area contributed by atoms with Crippen molar-refractivity contribution in [2.45, 2.75) is 64.2 Å². The Labute approximate surface area is 202 Å². The number of aliphatic hydroxyl groups is 1. The normalized spacial score (nSPS) is 25.2. The van der Waals surface area contributed by atoms with Crippen molar-refractivity contribution in [2.75, 3.05) is 6.54 Å². The van der Waals surface area contributed by atoms with Crippen molar-refractivity contribution in [1.82, 2.24) is 4.90 Å². The summed E-state index contributed by atoms with van der Waals surface area (Å²) in [5.74, 6) is 0.101. The highest BCUT2D eigenvalue weighted by molar-refractivity contribution is 5.79. The number of nitrogens with zero attached hydrogens (tertiary/aromatic N) is 1. The maximum absolute atomic E-state index is 12.6. The van der Waals surface area contributed by atoms with Crippen molar-refractivity contribution in [1.29, 1.82) is 0 Å². The standard InChI is InChI=1S/C30H35NO3/c1-21-26-13-8-18-31(26)27(29(21)24-11-6-3-7-12-24)19-28(32)23-14-16-25(17-15-23)30(33)34-20-22-9-4-2-5-10-22/h2-7,9-13,23,25,27-28,32H,8,14-20H2,1H3. The Morgan fingerprint density at radius 1 is 1.03 bits per heavy atom. The molecular formula is C30H35NO3. The first-order chi connectivity index (χ1) is 16.6. The van der Waals surface area contributed by atoms with E-state index in [9.17, 15) is 9.90 Å². The molecule has 4 heteroatoms. The monoisotopic (exact) mass is 457 g/mol. The minimum Gasteiger partial charge on any atom is -0.461 e. The Balaban J connectivity index is 1.18. The van der Waals surface area contributed by atoms with Crippen molar-refractivity contribution in [2.24, 2.45) is 11.8 Å². The minimum atomic E-state index is -0.363. The molecule has 5 rings (SSSR count). The first kappa shape index (κ1) is 22.9. The number of carbonyl (C=O) groups is 1.